The lowest BCUT2D eigenvalue weighted by Gasteiger charge is -2.36. The lowest BCUT2D eigenvalue weighted by Crippen LogP contribution is -2.45. The molecule has 0 spiro atoms. The summed E-state index contributed by atoms with van der Waals surface area (Å²) >= 11 is 1.10. The van der Waals surface area contributed by atoms with Crippen LogP contribution < -0.4 is 22.1 Å². The van der Waals surface area contributed by atoms with Gasteiger partial charge in [0.1, 0.15) is 9.88 Å². The van der Waals surface area contributed by atoms with Crippen LogP contribution in [0, 0.1) is 0 Å². The fourth-order valence-corrected chi connectivity index (χ4v) is 3.52. The van der Waals surface area contributed by atoms with Gasteiger partial charge in [-0.1, -0.05) is 0 Å². The molecule has 6 N–H and O–H groups in total. The third kappa shape index (κ3) is 2.56. The second-order valence-electron chi connectivity index (χ2n) is 4.92. The molecule has 0 aliphatic carbocycles. The fourth-order valence-electron chi connectivity index (χ4n) is 2.42. The number of amides is 2. The van der Waals surface area contributed by atoms with Crippen molar-refractivity contribution < 1.29 is 14.3 Å². The van der Waals surface area contributed by atoms with E-state index in [2.05, 4.69) is 0 Å². The number of nitrogens with two attached hydrogens (primary N) is 3. The topological polar surface area (TPSA) is 125 Å². The highest BCUT2D eigenvalue weighted by Crippen LogP contribution is 2.38. The van der Waals surface area contributed by atoms with Gasteiger partial charge in [0.2, 0.25) is 0 Å². The zero-order chi connectivity index (χ0) is 15.0. The Balaban J connectivity index is 2.47. The molecule has 2 amide bonds. The zero-order valence-corrected chi connectivity index (χ0v) is 12.2. The van der Waals surface area contributed by atoms with Crippen molar-refractivity contribution in [1.82, 2.24) is 0 Å². The SMILES string of the molecule is C[C@@H]1CN(c2sc(C(N)=O)c(N)c2C(N)=O)C[C@H](C)O1. The first-order valence-electron chi connectivity index (χ1n) is 6.23. The van der Waals surface area contributed by atoms with E-state index in [4.69, 9.17) is 21.9 Å². The van der Waals surface area contributed by atoms with Crippen molar-refractivity contribution in [2.45, 2.75) is 26.1 Å². The molecule has 2 atom stereocenters. The molecule has 1 aromatic heterocycles. The second kappa shape index (κ2) is 5.29. The number of hydrogen-bond acceptors (Lipinski definition) is 6. The summed E-state index contributed by atoms with van der Waals surface area (Å²) in [5.41, 5.74) is 16.7. The Morgan fingerprint density at radius 1 is 1.20 bits per heavy atom. The number of thiophene rings is 1. The van der Waals surface area contributed by atoms with Crippen molar-refractivity contribution in [3.05, 3.63) is 10.4 Å². The molecule has 0 bridgehead atoms. The van der Waals surface area contributed by atoms with Crippen LogP contribution in [-0.4, -0.2) is 37.1 Å². The van der Waals surface area contributed by atoms with Crippen LogP contribution in [0.25, 0.3) is 0 Å². The third-order valence-corrected chi connectivity index (χ3v) is 4.38. The van der Waals surface area contributed by atoms with Gasteiger partial charge in [0, 0.05) is 13.1 Å². The van der Waals surface area contributed by atoms with E-state index in [0.717, 1.165) is 11.3 Å². The molecule has 1 aromatic rings. The van der Waals surface area contributed by atoms with Crippen LogP contribution in [-0.2, 0) is 4.74 Å². The number of nitrogens with zero attached hydrogens (tertiary/aromatic N) is 1. The standard InChI is InChI=1S/C12H18N4O3S/c1-5-3-16(4-6(2)19-5)12-7(10(14)17)8(13)9(20-12)11(15)18/h5-6H,3-4,13H2,1-2H3,(H2,14,17)(H2,15,18)/t5-,6+. The first-order chi connectivity index (χ1) is 9.31. The Labute approximate surface area is 120 Å². The molecular weight excluding hydrogens is 280 g/mol. The van der Waals surface area contributed by atoms with Crippen LogP contribution >= 0.6 is 11.3 Å². The van der Waals surface area contributed by atoms with E-state index in [1.807, 2.05) is 18.7 Å². The van der Waals surface area contributed by atoms with Gasteiger partial charge in [-0.3, -0.25) is 9.59 Å². The van der Waals surface area contributed by atoms with Crippen LogP contribution in [0.15, 0.2) is 0 Å². The van der Waals surface area contributed by atoms with Gasteiger partial charge in [-0.15, -0.1) is 11.3 Å². The van der Waals surface area contributed by atoms with Gasteiger partial charge in [0.25, 0.3) is 11.8 Å². The Morgan fingerprint density at radius 2 is 1.75 bits per heavy atom. The minimum absolute atomic E-state index is 0.0137. The first kappa shape index (κ1) is 14.6. The molecule has 7 nitrogen and oxygen atoms in total. The van der Waals surface area contributed by atoms with E-state index < -0.39 is 11.8 Å². The lowest BCUT2D eigenvalue weighted by atomic mass is 10.2. The van der Waals surface area contributed by atoms with E-state index >= 15 is 0 Å². The van der Waals surface area contributed by atoms with E-state index in [1.165, 1.54) is 0 Å². The average Bonchev–Trinajstić information content (AvgIpc) is 2.65. The van der Waals surface area contributed by atoms with Crippen LogP contribution in [0.1, 0.15) is 33.9 Å². The smallest absolute Gasteiger partial charge is 0.260 e. The first-order valence-corrected chi connectivity index (χ1v) is 7.05. The highest BCUT2D eigenvalue weighted by molar-refractivity contribution is 7.19. The quantitative estimate of drug-likeness (QED) is 0.732. The Hall–Kier alpha value is -1.80. The predicted octanol–water partition coefficient (Wildman–Crippen LogP) is 0.142. The largest absolute Gasteiger partial charge is 0.397 e. The number of carbonyl (C=O) groups excluding carboxylic acids is 2. The Morgan fingerprint density at radius 3 is 2.20 bits per heavy atom. The highest BCUT2D eigenvalue weighted by Gasteiger charge is 2.30. The molecule has 0 aromatic carbocycles. The van der Waals surface area contributed by atoms with Crippen LogP contribution in [0.4, 0.5) is 10.7 Å². The Bertz CT molecular complexity index is 547. The molecule has 1 fully saturated rings. The van der Waals surface area contributed by atoms with Gasteiger partial charge in [0.05, 0.1) is 23.5 Å². The summed E-state index contributed by atoms with van der Waals surface area (Å²) in [4.78, 5) is 25.1. The molecule has 8 heteroatoms. The van der Waals surface area contributed by atoms with Gasteiger partial charge in [-0.05, 0) is 13.8 Å². The maximum absolute atomic E-state index is 11.6. The minimum atomic E-state index is -0.659. The number of carbonyl (C=O) groups is 2. The summed E-state index contributed by atoms with van der Waals surface area (Å²) in [5.74, 6) is -1.32. The fraction of sp³-hybridized carbons (Fsp3) is 0.500. The molecule has 1 aliphatic rings. The number of anilines is 2. The van der Waals surface area contributed by atoms with Gasteiger partial charge in [-0.25, -0.2) is 0 Å². The molecule has 20 heavy (non-hydrogen) atoms. The normalized spacial score (nSPS) is 22.8. The van der Waals surface area contributed by atoms with Crippen molar-refractivity contribution in [1.29, 1.82) is 0 Å². The molecule has 2 rings (SSSR count). The number of ether oxygens (including phenoxy) is 1. The van der Waals surface area contributed by atoms with E-state index in [-0.39, 0.29) is 28.3 Å². The molecule has 1 saturated heterocycles. The third-order valence-electron chi connectivity index (χ3n) is 3.10. The van der Waals surface area contributed by atoms with Crippen LogP contribution in [0.5, 0.6) is 0 Å². The van der Waals surface area contributed by atoms with Gasteiger partial charge >= 0.3 is 0 Å². The minimum Gasteiger partial charge on any atom is -0.397 e. The number of morpholine rings is 1. The van der Waals surface area contributed by atoms with E-state index in [1.54, 1.807) is 0 Å². The highest BCUT2D eigenvalue weighted by atomic mass is 32.1. The van der Waals surface area contributed by atoms with Crippen LogP contribution in [0.2, 0.25) is 0 Å². The Kier molecular flexibility index (Phi) is 3.87. The van der Waals surface area contributed by atoms with Gasteiger partial charge < -0.3 is 26.8 Å². The van der Waals surface area contributed by atoms with Crippen molar-refractivity contribution >= 4 is 33.8 Å². The van der Waals surface area contributed by atoms with Crippen molar-refractivity contribution in [2.75, 3.05) is 23.7 Å². The van der Waals surface area contributed by atoms with Crippen molar-refractivity contribution in [3.63, 3.8) is 0 Å². The van der Waals surface area contributed by atoms with E-state index in [9.17, 15) is 9.59 Å². The summed E-state index contributed by atoms with van der Waals surface area (Å²) in [6.45, 7) is 5.09. The zero-order valence-electron chi connectivity index (χ0n) is 11.4. The maximum Gasteiger partial charge on any atom is 0.260 e. The number of nitrogen functional groups attached to an aromatic ring is 1. The summed E-state index contributed by atoms with van der Waals surface area (Å²) in [5, 5.41) is 0.589. The molecule has 1 aliphatic heterocycles. The van der Waals surface area contributed by atoms with Gasteiger partial charge in [-0.2, -0.15) is 0 Å². The van der Waals surface area contributed by atoms with Crippen molar-refractivity contribution in [3.8, 4) is 0 Å². The van der Waals surface area contributed by atoms with Crippen molar-refractivity contribution in [2.24, 2.45) is 11.5 Å². The molecular formula is C12H18N4O3S. The molecule has 0 radical (unpaired) electrons. The molecule has 0 unspecified atom stereocenters. The molecule has 0 saturated carbocycles. The molecule has 110 valence electrons. The second-order valence-corrected chi connectivity index (χ2v) is 5.91. The van der Waals surface area contributed by atoms with Gasteiger partial charge in [0.15, 0.2) is 0 Å². The monoisotopic (exact) mass is 298 g/mol. The molecule has 2 heterocycles. The number of rotatable bonds is 3. The van der Waals surface area contributed by atoms with E-state index in [0.29, 0.717) is 18.1 Å². The number of hydrogen-bond donors (Lipinski definition) is 3. The average molecular weight is 298 g/mol. The summed E-state index contributed by atoms with van der Waals surface area (Å²) in [6, 6.07) is 0. The summed E-state index contributed by atoms with van der Waals surface area (Å²) < 4.78 is 5.65. The van der Waals surface area contributed by atoms with Crippen LogP contribution in [0.3, 0.4) is 0 Å². The maximum atomic E-state index is 11.6. The summed E-state index contributed by atoms with van der Waals surface area (Å²) in [6.07, 6.45) is 0.0275. The lowest BCUT2D eigenvalue weighted by molar-refractivity contribution is -0.00505. The number of primary amides is 2. The summed E-state index contributed by atoms with van der Waals surface area (Å²) in [7, 11) is 0. The predicted molar refractivity (Wildman–Crippen MR) is 78.0 cm³/mol.